The zero-order chi connectivity index (χ0) is 22.4. The summed E-state index contributed by atoms with van der Waals surface area (Å²) in [6, 6.07) is 13.1. The molecule has 1 saturated heterocycles. The first kappa shape index (κ1) is 22.7. The largest absolute Gasteiger partial charge is 0.350 e. The van der Waals surface area contributed by atoms with Gasteiger partial charge in [-0.3, -0.25) is 24.1 Å². The number of nitrogens with zero attached hydrogens (tertiary/aromatic N) is 3. The Bertz CT molecular complexity index is 1050. The van der Waals surface area contributed by atoms with E-state index >= 15 is 0 Å². The first-order valence-electron chi connectivity index (χ1n) is 10.0. The number of carbonyl (C=O) groups is 1. The Kier molecular flexibility index (Phi) is 7.24. The molecule has 0 aliphatic carbocycles. The third kappa shape index (κ3) is 6.25. The van der Waals surface area contributed by atoms with Crippen LogP contribution >= 0.6 is 0 Å². The van der Waals surface area contributed by atoms with E-state index in [1.54, 1.807) is 0 Å². The van der Waals surface area contributed by atoms with Crippen LogP contribution in [0, 0.1) is 10.1 Å². The summed E-state index contributed by atoms with van der Waals surface area (Å²) >= 11 is 0. The number of benzene rings is 2. The summed E-state index contributed by atoms with van der Waals surface area (Å²) in [5.74, 6) is -0.493. The Morgan fingerprint density at radius 1 is 1.13 bits per heavy atom. The average molecular weight is 447 g/mol. The monoisotopic (exact) mass is 446 g/mol. The Morgan fingerprint density at radius 3 is 2.45 bits per heavy atom. The van der Waals surface area contributed by atoms with E-state index in [0.717, 1.165) is 47.4 Å². The van der Waals surface area contributed by atoms with Gasteiger partial charge in [-0.15, -0.1) is 0 Å². The van der Waals surface area contributed by atoms with E-state index in [-0.39, 0.29) is 17.9 Å². The van der Waals surface area contributed by atoms with Crippen molar-refractivity contribution in [2.75, 3.05) is 30.2 Å². The summed E-state index contributed by atoms with van der Waals surface area (Å²) in [4.78, 5) is 25.3. The lowest BCUT2D eigenvalue weighted by Gasteiger charge is -2.22. The van der Waals surface area contributed by atoms with E-state index in [1.807, 2.05) is 24.3 Å². The number of non-ortho nitro benzene ring substituents is 1. The summed E-state index contributed by atoms with van der Waals surface area (Å²) in [7, 11) is -3.82. The Labute approximate surface area is 181 Å². The second-order valence-corrected chi connectivity index (χ2v) is 9.48. The standard InChI is InChI=1S/C21H26N4O5S/c1-31(29,30)24(19-9-6-10-20(13-19)25(27)28)16-21(26)22-14-17-7-2-3-8-18(17)15-23-11-4-5-12-23/h2-3,6-10,13H,4-5,11-12,14-16H2,1H3,(H,22,26). The van der Waals surface area contributed by atoms with Crippen molar-refractivity contribution in [1.82, 2.24) is 10.2 Å². The third-order valence-corrected chi connectivity index (χ3v) is 6.34. The highest BCUT2D eigenvalue weighted by Crippen LogP contribution is 2.23. The van der Waals surface area contributed by atoms with Crippen LogP contribution in [0.4, 0.5) is 11.4 Å². The van der Waals surface area contributed by atoms with Crippen LogP contribution in [-0.4, -0.2) is 50.0 Å². The van der Waals surface area contributed by atoms with Crippen molar-refractivity contribution in [2.24, 2.45) is 0 Å². The third-order valence-electron chi connectivity index (χ3n) is 5.20. The van der Waals surface area contributed by atoms with Gasteiger partial charge >= 0.3 is 0 Å². The molecule has 1 N–H and O–H groups in total. The number of sulfonamides is 1. The number of nitro benzene ring substituents is 1. The molecule has 166 valence electrons. The predicted octanol–water partition coefficient (Wildman–Crippen LogP) is 2.27. The number of likely N-dealkylation sites (tertiary alicyclic amines) is 1. The highest BCUT2D eigenvalue weighted by atomic mass is 32.2. The van der Waals surface area contributed by atoms with Gasteiger partial charge in [0.25, 0.3) is 5.69 Å². The number of hydrogen-bond acceptors (Lipinski definition) is 6. The van der Waals surface area contributed by atoms with Gasteiger partial charge in [0.1, 0.15) is 6.54 Å². The van der Waals surface area contributed by atoms with Crippen molar-refractivity contribution < 1.29 is 18.1 Å². The SMILES string of the molecule is CS(=O)(=O)N(CC(=O)NCc1ccccc1CN1CCCC1)c1cccc([N+](=O)[O-])c1. The molecular weight excluding hydrogens is 420 g/mol. The minimum Gasteiger partial charge on any atom is -0.350 e. The van der Waals surface area contributed by atoms with Crippen LogP contribution in [-0.2, 0) is 27.9 Å². The summed E-state index contributed by atoms with van der Waals surface area (Å²) in [5, 5.41) is 13.8. The second-order valence-electron chi connectivity index (χ2n) is 7.58. The summed E-state index contributed by atoms with van der Waals surface area (Å²) in [6.07, 6.45) is 3.35. The maximum atomic E-state index is 12.6. The van der Waals surface area contributed by atoms with Gasteiger partial charge in [-0.2, -0.15) is 0 Å². The van der Waals surface area contributed by atoms with Crippen LogP contribution in [0.15, 0.2) is 48.5 Å². The lowest BCUT2D eigenvalue weighted by Crippen LogP contribution is -2.40. The van der Waals surface area contributed by atoms with Crippen LogP contribution in [0.2, 0.25) is 0 Å². The topological polar surface area (TPSA) is 113 Å². The van der Waals surface area contributed by atoms with E-state index in [4.69, 9.17) is 0 Å². The Balaban J connectivity index is 1.69. The highest BCUT2D eigenvalue weighted by Gasteiger charge is 2.23. The van der Waals surface area contributed by atoms with E-state index in [1.165, 1.54) is 31.0 Å². The Morgan fingerprint density at radius 2 is 1.81 bits per heavy atom. The van der Waals surface area contributed by atoms with Gasteiger partial charge in [0.2, 0.25) is 15.9 Å². The van der Waals surface area contributed by atoms with Crippen molar-refractivity contribution in [3.8, 4) is 0 Å². The lowest BCUT2D eigenvalue weighted by atomic mass is 10.1. The molecule has 0 unspecified atom stereocenters. The molecule has 0 aromatic heterocycles. The quantitative estimate of drug-likeness (QED) is 0.467. The van der Waals surface area contributed by atoms with Gasteiger partial charge in [-0.25, -0.2) is 8.42 Å². The van der Waals surface area contributed by atoms with Gasteiger partial charge in [0.05, 0.1) is 16.9 Å². The molecule has 1 aliphatic rings. The predicted molar refractivity (Wildman–Crippen MR) is 118 cm³/mol. The van der Waals surface area contributed by atoms with Crippen molar-refractivity contribution in [1.29, 1.82) is 0 Å². The number of amides is 1. The summed E-state index contributed by atoms with van der Waals surface area (Å²) in [5.41, 5.74) is 1.93. The second kappa shape index (κ2) is 9.88. The summed E-state index contributed by atoms with van der Waals surface area (Å²) in [6.45, 7) is 2.75. The minimum absolute atomic E-state index is 0.0706. The molecule has 0 atom stereocenters. The number of hydrogen-bond donors (Lipinski definition) is 1. The van der Waals surface area contributed by atoms with Crippen molar-refractivity contribution >= 4 is 27.3 Å². The zero-order valence-electron chi connectivity index (χ0n) is 17.4. The number of carbonyl (C=O) groups excluding carboxylic acids is 1. The molecule has 2 aromatic carbocycles. The van der Waals surface area contributed by atoms with Crippen molar-refractivity contribution in [3.05, 3.63) is 69.8 Å². The summed E-state index contributed by atoms with van der Waals surface area (Å²) < 4.78 is 25.3. The minimum atomic E-state index is -3.82. The molecule has 9 nitrogen and oxygen atoms in total. The smallest absolute Gasteiger partial charge is 0.271 e. The van der Waals surface area contributed by atoms with Crippen LogP contribution < -0.4 is 9.62 Å². The molecular formula is C21H26N4O5S. The molecule has 10 heteroatoms. The van der Waals surface area contributed by atoms with Crippen LogP contribution in [0.1, 0.15) is 24.0 Å². The lowest BCUT2D eigenvalue weighted by molar-refractivity contribution is -0.384. The molecule has 2 aromatic rings. The molecule has 0 saturated carbocycles. The van der Waals surface area contributed by atoms with Gasteiger partial charge in [-0.05, 0) is 43.1 Å². The van der Waals surface area contributed by atoms with Gasteiger partial charge in [0, 0.05) is 25.2 Å². The molecule has 1 amide bonds. The molecule has 31 heavy (non-hydrogen) atoms. The zero-order valence-corrected chi connectivity index (χ0v) is 18.2. The van der Waals surface area contributed by atoms with Gasteiger partial charge in [0.15, 0.2) is 0 Å². The van der Waals surface area contributed by atoms with Crippen molar-refractivity contribution in [2.45, 2.75) is 25.9 Å². The number of rotatable bonds is 9. The normalized spacial score (nSPS) is 14.4. The maximum absolute atomic E-state index is 12.6. The highest BCUT2D eigenvalue weighted by molar-refractivity contribution is 7.92. The van der Waals surface area contributed by atoms with Gasteiger partial charge in [-0.1, -0.05) is 30.3 Å². The fraction of sp³-hybridized carbons (Fsp3) is 0.381. The van der Waals surface area contributed by atoms with E-state index in [9.17, 15) is 23.3 Å². The first-order valence-corrected chi connectivity index (χ1v) is 11.9. The fourth-order valence-electron chi connectivity index (χ4n) is 3.61. The molecule has 0 spiro atoms. The van der Waals surface area contributed by atoms with Crippen LogP contribution in [0.25, 0.3) is 0 Å². The van der Waals surface area contributed by atoms with E-state index in [2.05, 4.69) is 10.2 Å². The maximum Gasteiger partial charge on any atom is 0.271 e. The molecule has 1 fully saturated rings. The van der Waals surface area contributed by atoms with Crippen molar-refractivity contribution in [3.63, 3.8) is 0 Å². The first-order chi connectivity index (χ1) is 14.7. The number of nitro groups is 1. The number of anilines is 1. The fourth-order valence-corrected chi connectivity index (χ4v) is 4.46. The van der Waals surface area contributed by atoms with E-state index in [0.29, 0.717) is 0 Å². The van der Waals surface area contributed by atoms with Crippen LogP contribution in [0.3, 0.4) is 0 Å². The molecule has 3 rings (SSSR count). The molecule has 0 radical (unpaired) electrons. The van der Waals surface area contributed by atoms with Crippen LogP contribution in [0.5, 0.6) is 0 Å². The Hall–Kier alpha value is -2.98. The molecule has 1 aliphatic heterocycles. The van der Waals surface area contributed by atoms with E-state index < -0.39 is 27.4 Å². The van der Waals surface area contributed by atoms with Gasteiger partial charge < -0.3 is 5.32 Å². The molecule has 0 bridgehead atoms. The molecule has 1 heterocycles. The number of nitrogens with one attached hydrogen (secondary N) is 1. The average Bonchev–Trinajstić information content (AvgIpc) is 3.23.